The number of sulfone groups is 1. The van der Waals surface area contributed by atoms with E-state index in [1.165, 1.54) is 6.92 Å². The SMILES string of the molecule is CCS(=O)(=O)C[C@@H](O)COc1ccc(C23CC(C(F)(F)[C@@](O)(Cn4cnnn4)c4ccc(F)cc4F)(C2)C3)cc1. The highest BCUT2D eigenvalue weighted by Crippen LogP contribution is 2.80. The fourth-order valence-corrected chi connectivity index (χ4v) is 7.01. The molecule has 3 saturated carbocycles. The van der Waals surface area contributed by atoms with Gasteiger partial charge in [0, 0.05) is 22.8 Å². The van der Waals surface area contributed by atoms with E-state index in [-0.39, 0.29) is 31.6 Å². The lowest BCUT2D eigenvalue weighted by Crippen LogP contribution is -2.76. The molecule has 3 fully saturated rings. The summed E-state index contributed by atoms with van der Waals surface area (Å²) in [5, 5.41) is 31.7. The molecule has 0 spiro atoms. The molecule has 0 saturated heterocycles. The first-order valence-electron chi connectivity index (χ1n) is 12.6. The van der Waals surface area contributed by atoms with E-state index in [9.17, 15) is 27.4 Å². The molecule has 3 aliphatic carbocycles. The van der Waals surface area contributed by atoms with E-state index in [1.54, 1.807) is 24.3 Å². The van der Waals surface area contributed by atoms with Gasteiger partial charge < -0.3 is 14.9 Å². The van der Waals surface area contributed by atoms with Crippen LogP contribution in [0.3, 0.4) is 0 Å². The topological polar surface area (TPSA) is 127 Å². The lowest BCUT2D eigenvalue weighted by atomic mass is 9.30. The van der Waals surface area contributed by atoms with E-state index < -0.39 is 67.8 Å². The van der Waals surface area contributed by atoms with Crippen molar-refractivity contribution in [3.05, 3.63) is 71.6 Å². The van der Waals surface area contributed by atoms with E-state index >= 15 is 8.78 Å². The molecule has 2 bridgehead atoms. The van der Waals surface area contributed by atoms with Crippen molar-refractivity contribution in [3.8, 4) is 5.75 Å². The van der Waals surface area contributed by atoms with Gasteiger partial charge in [0.05, 0.1) is 12.3 Å². The Morgan fingerprint density at radius 3 is 2.38 bits per heavy atom. The summed E-state index contributed by atoms with van der Waals surface area (Å²) in [5.74, 6) is -6.22. The number of alkyl halides is 2. The Balaban J connectivity index is 1.31. The molecular weight excluding hydrogens is 556 g/mol. The normalized spacial score (nSPS) is 24.5. The summed E-state index contributed by atoms with van der Waals surface area (Å²) in [7, 11) is -3.36. The number of halogens is 4. The van der Waals surface area contributed by atoms with Crippen LogP contribution in [-0.2, 0) is 27.4 Å². The number of benzene rings is 2. The Kier molecular flexibility index (Phi) is 6.94. The smallest absolute Gasteiger partial charge is 0.287 e. The Bertz CT molecular complexity index is 1470. The number of aromatic nitrogens is 4. The average molecular weight is 585 g/mol. The molecule has 2 N–H and O–H groups in total. The van der Waals surface area contributed by atoms with Crippen LogP contribution in [-0.4, -0.2) is 69.0 Å². The Morgan fingerprint density at radius 1 is 1.12 bits per heavy atom. The van der Waals surface area contributed by atoms with Gasteiger partial charge in [0.2, 0.25) is 0 Å². The highest BCUT2D eigenvalue weighted by molar-refractivity contribution is 7.91. The molecule has 3 aliphatic rings. The van der Waals surface area contributed by atoms with E-state index in [1.807, 2.05) is 0 Å². The van der Waals surface area contributed by atoms with Crippen LogP contribution < -0.4 is 4.74 Å². The van der Waals surface area contributed by atoms with Gasteiger partial charge in [-0.25, -0.2) is 30.7 Å². The third-order valence-corrected chi connectivity index (χ3v) is 9.94. The minimum atomic E-state index is -3.83. The van der Waals surface area contributed by atoms with Crippen molar-refractivity contribution in [2.75, 3.05) is 18.1 Å². The van der Waals surface area contributed by atoms with E-state index in [0.717, 1.165) is 28.7 Å². The summed E-state index contributed by atoms with van der Waals surface area (Å²) in [5.41, 5.74) is -5.21. The van der Waals surface area contributed by atoms with Crippen LogP contribution in [0.4, 0.5) is 17.6 Å². The molecule has 40 heavy (non-hydrogen) atoms. The molecule has 2 atom stereocenters. The molecule has 0 amide bonds. The number of aliphatic hydroxyl groups excluding tert-OH is 1. The van der Waals surface area contributed by atoms with Crippen LogP contribution in [0, 0.1) is 17.0 Å². The van der Waals surface area contributed by atoms with Crippen molar-refractivity contribution in [2.24, 2.45) is 5.41 Å². The van der Waals surface area contributed by atoms with Crippen molar-refractivity contribution in [2.45, 2.75) is 55.8 Å². The number of nitrogens with zero attached hydrogens (tertiary/aromatic N) is 4. The predicted molar refractivity (Wildman–Crippen MR) is 133 cm³/mol. The highest BCUT2D eigenvalue weighted by Gasteiger charge is 2.82. The van der Waals surface area contributed by atoms with Crippen LogP contribution in [0.15, 0.2) is 48.8 Å². The summed E-state index contributed by atoms with van der Waals surface area (Å²) in [6, 6.07) is 8.75. The largest absolute Gasteiger partial charge is 0.491 e. The summed E-state index contributed by atoms with van der Waals surface area (Å²) < 4.78 is 90.6. The maximum atomic E-state index is 16.3. The maximum Gasteiger partial charge on any atom is 0.287 e. The lowest BCUT2D eigenvalue weighted by molar-refractivity contribution is -0.347. The molecule has 0 aliphatic heterocycles. The van der Waals surface area contributed by atoms with Gasteiger partial charge in [-0.3, -0.25) is 0 Å². The first-order chi connectivity index (χ1) is 18.7. The minimum absolute atomic E-state index is 0.0293. The average Bonchev–Trinajstić information content (AvgIpc) is 3.34. The summed E-state index contributed by atoms with van der Waals surface area (Å²) in [6.45, 7) is 0.420. The molecule has 3 aromatic rings. The Labute approximate surface area is 227 Å². The number of aliphatic hydroxyl groups is 2. The van der Waals surface area contributed by atoms with Gasteiger partial charge in [-0.1, -0.05) is 19.1 Å². The number of hydrogen-bond acceptors (Lipinski definition) is 8. The highest BCUT2D eigenvalue weighted by atomic mass is 32.2. The monoisotopic (exact) mass is 584 g/mol. The Hall–Kier alpha value is -3.10. The second kappa shape index (κ2) is 9.77. The lowest BCUT2D eigenvalue weighted by Gasteiger charge is -2.74. The second-order valence-corrected chi connectivity index (χ2v) is 13.2. The second-order valence-electron chi connectivity index (χ2n) is 10.8. The van der Waals surface area contributed by atoms with Crippen LogP contribution >= 0.6 is 0 Å². The quantitative estimate of drug-likeness (QED) is 0.311. The summed E-state index contributed by atoms with van der Waals surface area (Å²) in [4.78, 5) is 0. The van der Waals surface area contributed by atoms with Gasteiger partial charge in [-0.2, -0.15) is 0 Å². The van der Waals surface area contributed by atoms with Gasteiger partial charge in [-0.15, -0.1) is 5.10 Å². The zero-order chi connectivity index (χ0) is 29.0. The number of tetrazole rings is 1. The molecule has 2 aromatic carbocycles. The van der Waals surface area contributed by atoms with Crippen LogP contribution in [0.2, 0.25) is 0 Å². The third kappa shape index (κ3) is 4.65. The van der Waals surface area contributed by atoms with Gasteiger partial charge in [-0.05, 0) is 64.9 Å². The van der Waals surface area contributed by atoms with Crippen LogP contribution in [0.5, 0.6) is 5.75 Å². The van der Waals surface area contributed by atoms with Crippen molar-refractivity contribution in [3.63, 3.8) is 0 Å². The molecule has 14 heteroatoms. The fraction of sp³-hybridized carbons (Fsp3) is 0.500. The van der Waals surface area contributed by atoms with Crippen LogP contribution in [0.25, 0.3) is 0 Å². The van der Waals surface area contributed by atoms with Gasteiger partial charge in [0.25, 0.3) is 5.92 Å². The maximum absolute atomic E-state index is 16.3. The molecule has 1 heterocycles. The predicted octanol–water partition coefficient (Wildman–Crippen LogP) is 2.77. The van der Waals surface area contributed by atoms with Gasteiger partial charge in [0.1, 0.15) is 36.4 Å². The molecule has 6 rings (SSSR count). The van der Waals surface area contributed by atoms with E-state index in [4.69, 9.17) is 4.74 Å². The van der Waals surface area contributed by atoms with Gasteiger partial charge in [0.15, 0.2) is 15.4 Å². The standard InChI is InChI=1S/C26H28F4N4O5S/c1-2-40(37,38)11-19(35)10-39-20-6-3-17(4-7-20)23-12-24(13-23,14-23)26(29,30)25(36,15-34-16-31-32-33-34)21-8-5-18(27)9-22(21)28/h3-9,16,19,35-36H,2,10-15H2,1H3/t19-,23?,24?,25+/m0/s1. The zero-order valence-corrected chi connectivity index (χ0v) is 22.3. The molecule has 0 unspecified atom stereocenters. The van der Waals surface area contributed by atoms with Crippen molar-refractivity contribution in [1.29, 1.82) is 0 Å². The van der Waals surface area contributed by atoms with Gasteiger partial charge >= 0.3 is 0 Å². The van der Waals surface area contributed by atoms with E-state index in [0.29, 0.717) is 11.8 Å². The molecule has 1 aromatic heterocycles. The first kappa shape index (κ1) is 28.4. The number of rotatable bonds is 12. The van der Waals surface area contributed by atoms with Crippen molar-refractivity contribution in [1.82, 2.24) is 20.2 Å². The fourth-order valence-electron chi connectivity index (χ4n) is 6.09. The van der Waals surface area contributed by atoms with Crippen molar-refractivity contribution >= 4 is 9.84 Å². The van der Waals surface area contributed by atoms with E-state index in [2.05, 4.69) is 15.5 Å². The van der Waals surface area contributed by atoms with Crippen molar-refractivity contribution < 1.29 is 40.9 Å². The summed E-state index contributed by atoms with van der Waals surface area (Å²) >= 11 is 0. The third-order valence-electron chi connectivity index (χ3n) is 8.17. The molecule has 216 valence electrons. The molecular formula is C26H28F4N4O5S. The Morgan fingerprint density at radius 2 is 1.80 bits per heavy atom. The molecule has 9 nitrogen and oxygen atoms in total. The summed E-state index contributed by atoms with van der Waals surface area (Å²) in [6.07, 6.45) is -0.0793. The number of ether oxygens (including phenoxy) is 1. The molecule has 0 radical (unpaired) electrons. The first-order valence-corrected chi connectivity index (χ1v) is 14.5. The van der Waals surface area contributed by atoms with Crippen LogP contribution in [0.1, 0.15) is 37.3 Å². The number of hydrogen-bond donors (Lipinski definition) is 2. The minimum Gasteiger partial charge on any atom is -0.491 e. The zero-order valence-electron chi connectivity index (χ0n) is 21.5.